The van der Waals surface area contributed by atoms with Gasteiger partial charge in [0, 0.05) is 50.7 Å². The van der Waals surface area contributed by atoms with Crippen LogP contribution in [0.5, 0.6) is 5.75 Å². The van der Waals surface area contributed by atoms with Crippen molar-refractivity contribution in [3.63, 3.8) is 0 Å². The Kier molecular flexibility index (Phi) is 6.20. The number of ether oxygens (including phenoxy) is 1. The minimum Gasteiger partial charge on any atom is -0.503 e. The molecule has 0 atom stereocenters. The molecular weight excluding hydrogens is 448 g/mol. The Morgan fingerprint density at radius 2 is 2.00 bits per heavy atom. The number of rotatable bonds is 6. The van der Waals surface area contributed by atoms with Gasteiger partial charge in [0.1, 0.15) is 17.2 Å². The molecule has 182 valence electrons. The molecule has 4 rings (SSSR count). The first-order chi connectivity index (χ1) is 16.1. The normalized spacial score (nSPS) is 21.5. The number of aromatic hydroxyl groups is 1. The molecule has 10 heteroatoms. The lowest BCUT2D eigenvalue weighted by Crippen LogP contribution is -2.62. The smallest absolute Gasteiger partial charge is 0.274 e. The van der Waals surface area contributed by atoms with E-state index in [0.29, 0.717) is 32.1 Å². The molecule has 1 fully saturated rings. The summed E-state index contributed by atoms with van der Waals surface area (Å²) in [5, 5.41) is 13.2. The number of nitrogens with one attached hydrogen (secondary N) is 1. The minimum atomic E-state index is -0.981. The van der Waals surface area contributed by atoms with Crippen LogP contribution in [0.15, 0.2) is 29.2 Å². The molecule has 0 radical (unpaired) electrons. The molecule has 1 aliphatic carbocycles. The minimum absolute atomic E-state index is 0.0395. The lowest BCUT2D eigenvalue weighted by atomic mass is 9.66. The van der Waals surface area contributed by atoms with Gasteiger partial charge in [-0.25, -0.2) is 8.78 Å². The number of benzene rings is 1. The fourth-order valence-electron chi connectivity index (χ4n) is 4.99. The molecule has 0 saturated heterocycles. The van der Waals surface area contributed by atoms with Crippen molar-refractivity contribution >= 4 is 11.8 Å². The van der Waals surface area contributed by atoms with Crippen LogP contribution in [0.2, 0.25) is 0 Å². The van der Waals surface area contributed by atoms with Gasteiger partial charge in [-0.3, -0.25) is 14.4 Å². The number of nitrogens with zero attached hydrogens (tertiary/aromatic N) is 2. The zero-order valence-corrected chi connectivity index (χ0v) is 19.2. The van der Waals surface area contributed by atoms with Crippen molar-refractivity contribution in [2.45, 2.75) is 44.8 Å². The summed E-state index contributed by atoms with van der Waals surface area (Å²) < 4.78 is 33.9. The Morgan fingerprint density at radius 1 is 1.29 bits per heavy atom. The van der Waals surface area contributed by atoms with Crippen LogP contribution in [0.3, 0.4) is 0 Å². The highest BCUT2D eigenvalue weighted by molar-refractivity contribution is 5.99. The average molecular weight is 475 g/mol. The Morgan fingerprint density at radius 3 is 2.62 bits per heavy atom. The number of fused-ring (bicyclic) bond motifs is 2. The molecule has 2 aromatic rings. The van der Waals surface area contributed by atoms with Crippen LogP contribution in [-0.2, 0) is 16.8 Å². The van der Waals surface area contributed by atoms with Crippen molar-refractivity contribution in [2.75, 3.05) is 20.3 Å². The van der Waals surface area contributed by atoms with Gasteiger partial charge in [0.15, 0.2) is 11.4 Å². The summed E-state index contributed by atoms with van der Waals surface area (Å²) in [6.07, 6.45) is 2.61. The molecule has 1 aromatic heterocycles. The van der Waals surface area contributed by atoms with E-state index in [1.165, 1.54) is 12.3 Å². The second-order valence-electron chi connectivity index (χ2n) is 9.34. The summed E-state index contributed by atoms with van der Waals surface area (Å²) in [6, 6.07) is 2.81. The van der Waals surface area contributed by atoms with Crippen LogP contribution in [0, 0.1) is 17.6 Å². The Hall–Kier alpha value is -3.27. The molecule has 2 aliphatic rings. The fraction of sp³-hybridized carbons (Fsp3) is 0.458. The van der Waals surface area contributed by atoms with E-state index >= 15 is 0 Å². The van der Waals surface area contributed by atoms with Gasteiger partial charge in [0.2, 0.25) is 5.43 Å². The van der Waals surface area contributed by atoms with Gasteiger partial charge in [-0.1, -0.05) is 6.07 Å². The molecular formula is C24H27F2N3O5. The topological polar surface area (TPSA) is 101 Å². The molecule has 0 bridgehead atoms. The van der Waals surface area contributed by atoms with E-state index in [2.05, 4.69) is 5.32 Å². The number of carbonyl (C=O) groups excluding carboxylic acids is 2. The largest absolute Gasteiger partial charge is 0.503 e. The van der Waals surface area contributed by atoms with E-state index in [9.17, 15) is 28.3 Å². The maximum atomic E-state index is 13.9. The zero-order valence-electron chi connectivity index (χ0n) is 19.2. The standard InChI is InChI=1S/C24H27F2N3O5/c1-13(2)28-12-24(7-14(8-24)11-34-3)29-10-17(20(30)21(31)19(29)23(28)33)22(32)27-9-15-4-5-16(25)6-18(15)26/h4-6,10,13-14,31H,7-9,11-12H2,1-3H3,(H,27,32)/t14-,24-. The van der Waals surface area contributed by atoms with Crippen LogP contribution in [0.1, 0.15) is 53.1 Å². The molecule has 8 nitrogen and oxygen atoms in total. The number of methoxy groups -OCH3 is 1. The first-order valence-electron chi connectivity index (χ1n) is 11.1. The average Bonchev–Trinajstić information content (AvgIpc) is 2.75. The second-order valence-corrected chi connectivity index (χ2v) is 9.34. The van der Waals surface area contributed by atoms with Crippen molar-refractivity contribution in [1.82, 2.24) is 14.8 Å². The lowest BCUT2D eigenvalue weighted by molar-refractivity contribution is -0.0284. The molecule has 0 unspecified atom stereocenters. The second kappa shape index (κ2) is 8.83. The number of amides is 2. The number of hydrogen-bond acceptors (Lipinski definition) is 5. The predicted molar refractivity (Wildman–Crippen MR) is 119 cm³/mol. The Labute approximate surface area is 195 Å². The maximum Gasteiger partial charge on any atom is 0.274 e. The number of carbonyl (C=O) groups is 2. The van der Waals surface area contributed by atoms with Gasteiger partial charge < -0.3 is 24.6 Å². The van der Waals surface area contributed by atoms with E-state index in [0.717, 1.165) is 6.07 Å². The summed E-state index contributed by atoms with van der Waals surface area (Å²) in [5.41, 5.74) is -2.02. The first-order valence-corrected chi connectivity index (χ1v) is 11.1. The van der Waals surface area contributed by atoms with Crippen LogP contribution in [-0.4, -0.2) is 52.7 Å². The number of halogens is 2. The van der Waals surface area contributed by atoms with E-state index in [1.54, 1.807) is 16.6 Å². The molecule has 2 heterocycles. The van der Waals surface area contributed by atoms with Gasteiger partial charge in [0.05, 0.1) is 5.54 Å². The summed E-state index contributed by atoms with van der Waals surface area (Å²) in [7, 11) is 1.61. The highest BCUT2D eigenvalue weighted by atomic mass is 19.1. The van der Waals surface area contributed by atoms with Crippen molar-refractivity contribution in [1.29, 1.82) is 0 Å². The van der Waals surface area contributed by atoms with Crippen molar-refractivity contribution in [3.8, 4) is 5.75 Å². The van der Waals surface area contributed by atoms with Crippen molar-refractivity contribution < 1.29 is 28.2 Å². The third-order valence-corrected chi connectivity index (χ3v) is 6.68. The van der Waals surface area contributed by atoms with Gasteiger partial charge in [-0.2, -0.15) is 0 Å². The first kappa shape index (κ1) is 23.9. The van der Waals surface area contributed by atoms with Crippen LogP contribution >= 0.6 is 0 Å². The number of pyridine rings is 1. The molecule has 2 amide bonds. The van der Waals surface area contributed by atoms with Crippen LogP contribution in [0.4, 0.5) is 8.78 Å². The molecule has 2 N–H and O–H groups in total. The number of hydrogen-bond donors (Lipinski definition) is 2. The third-order valence-electron chi connectivity index (χ3n) is 6.68. The molecule has 34 heavy (non-hydrogen) atoms. The van der Waals surface area contributed by atoms with Gasteiger partial charge in [0.25, 0.3) is 11.8 Å². The summed E-state index contributed by atoms with van der Waals surface area (Å²) in [6.45, 7) is 4.35. The highest BCUT2D eigenvalue weighted by Crippen LogP contribution is 2.48. The van der Waals surface area contributed by atoms with Crippen molar-refractivity contribution in [3.05, 3.63) is 63.1 Å². The summed E-state index contributed by atoms with van der Waals surface area (Å²) in [5.74, 6) is -3.44. The quantitative estimate of drug-likeness (QED) is 0.668. The van der Waals surface area contributed by atoms with E-state index in [4.69, 9.17) is 4.74 Å². The fourth-order valence-corrected chi connectivity index (χ4v) is 4.99. The maximum absolute atomic E-state index is 13.9. The van der Waals surface area contributed by atoms with Gasteiger partial charge in [-0.05, 0) is 38.7 Å². The highest BCUT2D eigenvalue weighted by Gasteiger charge is 2.52. The Bertz CT molecular complexity index is 1200. The van der Waals surface area contributed by atoms with Gasteiger partial charge in [-0.15, -0.1) is 0 Å². The molecule has 1 spiro atoms. The third kappa shape index (κ3) is 3.96. The van der Waals surface area contributed by atoms with E-state index in [1.807, 2.05) is 13.8 Å². The molecule has 1 saturated carbocycles. The zero-order chi connectivity index (χ0) is 24.8. The van der Waals surface area contributed by atoms with Crippen LogP contribution < -0.4 is 10.7 Å². The SMILES string of the molecule is COC[C@H]1C[C@@]2(CN(C(C)C)C(=O)c3c(O)c(=O)c(C(=O)NCc4ccc(F)cc4F)cn32)C1. The summed E-state index contributed by atoms with van der Waals surface area (Å²) in [4.78, 5) is 40.5. The summed E-state index contributed by atoms with van der Waals surface area (Å²) >= 11 is 0. The molecule has 1 aliphatic heterocycles. The monoisotopic (exact) mass is 475 g/mol. The van der Waals surface area contributed by atoms with Crippen LogP contribution in [0.25, 0.3) is 0 Å². The Balaban J connectivity index is 1.70. The lowest BCUT2D eigenvalue weighted by Gasteiger charge is -2.55. The molecule has 1 aromatic carbocycles. The van der Waals surface area contributed by atoms with Gasteiger partial charge >= 0.3 is 0 Å². The van der Waals surface area contributed by atoms with E-state index < -0.39 is 40.2 Å². The number of aromatic nitrogens is 1. The predicted octanol–water partition coefficient (Wildman–Crippen LogP) is 2.38. The van der Waals surface area contributed by atoms with E-state index in [-0.39, 0.29) is 35.3 Å². The van der Waals surface area contributed by atoms with Crippen molar-refractivity contribution in [2.24, 2.45) is 5.92 Å².